The average molecular weight is 369 g/mol. The monoisotopic (exact) mass is 369 g/mol. The lowest BCUT2D eigenvalue weighted by Crippen LogP contribution is -2.42. The lowest BCUT2D eigenvalue weighted by molar-refractivity contribution is -0.133. The van der Waals surface area contributed by atoms with Gasteiger partial charge in [-0.05, 0) is 49.9 Å². The number of nitrogens with zero attached hydrogens (tertiary/aromatic N) is 3. The van der Waals surface area contributed by atoms with Gasteiger partial charge in [-0.2, -0.15) is 5.10 Å². The first-order chi connectivity index (χ1) is 12.8. The molecule has 1 aromatic carbocycles. The zero-order valence-corrected chi connectivity index (χ0v) is 15.5. The Morgan fingerprint density at radius 1 is 1.26 bits per heavy atom. The van der Waals surface area contributed by atoms with Crippen LogP contribution in [0, 0.1) is 13.8 Å². The molecule has 2 aromatic rings. The van der Waals surface area contributed by atoms with Crippen LogP contribution in [0.2, 0.25) is 0 Å². The summed E-state index contributed by atoms with van der Waals surface area (Å²) in [6.07, 6.45) is 1.73. The summed E-state index contributed by atoms with van der Waals surface area (Å²) in [7, 11) is 0. The van der Waals surface area contributed by atoms with E-state index in [0.29, 0.717) is 13.1 Å². The summed E-state index contributed by atoms with van der Waals surface area (Å²) in [6, 6.07) is 8.37. The van der Waals surface area contributed by atoms with Crippen LogP contribution in [0.15, 0.2) is 35.1 Å². The third-order valence-electron chi connectivity index (χ3n) is 5.10. The maximum absolute atomic E-state index is 12.7. The minimum absolute atomic E-state index is 0.0815. The van der Waals surface area contributed by atoms with Crippen molar-refractivity contribution in [3.8, 4) is 0 Å². The maximum atomic E-state index is 12.7. The number of aromatic nitrogens is 2. The van der Waals surface area contributed by atoms with Gasteiger partial charge in [-0.15, -0.1) is 0 Å². The number of carbonyl (C=O) groups is 2. The molecule has 1 saturated heterocycles. The first-order valence-corrected chi connectivity index (χ1v) is 9.01. The number of amides is 1. The number of aromatic carboxylic acids is 1. The highest BCUT2D eigenvalue weighted by atomic mass is 16.4. The Labute approximate surface area is 157 Å². The van der Waals surface area contributed by atoms with Crippen molar-refractivity contribution in [2.75, 3.05) is 13.1 Å². The number of carboxylic acids is 1. The number of hydrogen-bond acceptors (Lipinski definition) is 4. The second kappa shape index (κ2) is 7.73. The van der Waals surface area contributed by atoms with Gasteiger partial charge in [-0.3, -0.25) is 9.59 Å². The smallest absolute Gasteiger partial charge is 0.335 e. The van der Waals surface area contributed by atoms with Crippen LogP contribution in [0.3, 0.4) is 0 Å². The Bertz CT molecular complexity index is 935. The lowest BCUT2D eigenvalue weighted by Gasteiger charge is -2.33. The molecule has 1 N–H and O–H groups in total. The summed E-state index contributed by atoms with van der Waals surface area (Å²) >= 11 is 0. The fourth-order valence-electron chi connectivity index (χ4n) is 3.42. The van der Waals surface area contributed by atoms with E-state index in [4.69, 9.17) is 0 Å². The van der Waals surface area contributed by atoms with Gasteiger partial charge in [-0.25, -0.2) is 9.48 Å². The Kier molecular flexibility index (Phi) is 5.39. The van der Waals surface area contributed by atoms with Crippen molar-refractivity contribution < 1.29 is 14.7 Å². The van der Waals surface area contributed by atoms with Crippen LogP contribution in [-0.2, 0) is 11.3 Å². The van der Waals surface area contributed by atoms with Gasteiger partial charge >= 0.3 is 5.97 Å². The molecule has 3 rings (SSSR count). The highest BCUT2D eigenvalue weighted by molar-refractivity contribution is 5.87. The van der Waals surface area contributed by atoms with E-state index in [2.05, 4.69) is 5.10 Å². The van der Waals surface area contributed by atoms with Crippen LogP contribution in [-0.4, -0.2) is 44.8 Å². The summed E-state index contributed by atoms with van der Waals surface area (Å²) < 4.78 is 1.21. The SMILES string of the molecule is Cc1cc(=O)n(CC(=O)N2CCC[C@H](c3cccc(C(=O)O)c3)C2)nc1C. The van der Waals surface area contributed by atoms with E-state index in [1.165, 1.54) is 10.7 Å². The van der Waals surface area contributed by atoms with Crippen LogP contribution >= 0.6 is 0 Å². The van der Waals surface area contributed by atoms with Crippen LogP contribution in [0.4, 0.5) is 0 Å². The minimum Gasteiger partial charge on any atom is -0.478 e. The second-order valence-corrected chi connectivity index (χ2v) is 7.02. The van der Waals surface area contributed by atoms with Crippen LogP contribution < -0.4 is 5.56 Å². The van der Waals surface area contributed by atoms with E-state index in [1.54, 1.807) is 23.1 Å². The molecule has 1 fully saturated rings. The van der Waals surface area contributed by atoms with Crippen molar-refractivity contribution in [1.29, 1.82) is 0 Å². The highest BCUT2D eigenvalue weighted by Crippen LogP contribution is 2.27. The molecule has 0 spiro atoms. The van der Waals surface area contributed by atoms with E-state index in [-0.39, 0.29) is 29.5 Å². The van der Waals surface area contributed by atoms with E-state index < -0.39 is 5.97 Å². The quantitative estimate of drug-likeness (QED) is 0.889. The molecular formula is C20H23N3O4. The van der Waals surface area contributed by atoms with Crippen molar-refractivity contribution in [3.05, 3.63) is 63.1 Å². The number of piperidine rings is 1. The topological polar surface area (TPSA) is 92.5 Å². The lowest BCUT2D eigenvalue weighted by atomic mass is 9.89. The molecule has 7 heteroatoms. The standard InChI is InChI=1S/C20H23N3O4/c1-13-9-18(24)23(21-14(13)2)12-19(25)22-8-4-7-17(11-22)15-5-3-6-16(10-15)20(26)27/h3,5-6,9-10,17H,4,7-8,11-12H2,1-2H3,(H,26,27)/t17-/m0/s1. The normalized spacial score (nSPS) is 17.0. The summed E-state index contributed by atoms with van der Waals surface area (Å²) in [6.45, 7) is 4.69. The van der Waals surface area contributed by atoms with Crippen molar-refractivity contribution in [2.24, 2.45) is 0 Å². The number of carbonyl (C=O) groups excluding carboxylic acids is 1. The predicted octanol–water partition coefficient (Wildman–Crippen LogP) is 1.96. The van der Waals surface area contributed by atoms with Crippen LogP contribution in [0.25, 0.3) is 0 Å². The molecule has 0 bridgehead atoms. The van der Waals surface area contributed by atoms with Crippen LogP contribution in [0.1, 0.15) is 45.9 Å². The molecule has 0 aliphatic carbocycles. The fraction of sp³-hybridized carbons (Fsp3) is 0.400. The van der Waals surface area contributed by atoms with Crippen molar-refractivity contribution in [2.45, 2.75) is 39.2 Å². The molecule has 142 valence electrons. The van der Waals surface area contributed by atoms with Crippen molar-refractivity contribution in [3.63, 3.8) is 0 Å². The third-order valence-corrected chi connectivity index (χ3v) is 5.10. The highest BCUT2D eigenvalue weighted by Gasteiger charge is 2.25. The number of rotatable bonds is 4. The van der Waals surface area contributed by atoms with E-state index in [1.807, 2.05) is 19.9 Å². The molecule has 0 saturated carbocycles. The van der Waals surface area contributed by atoms with E-state index in [0.717, 1.165) is 29.7 Å². The van der Waals surface area contributed by atoms with Gasteiger partial charge in [0.1, 0.15) is 6.54 Å². The second-order valence-electron chi connectivity index (χ2n) is 7.02. The molecule has 27 heavy (non-hydrogen) atoms. The maximum Gasteiger partial charge on any atom is 0.335 e. The molecule has 0 radical (unpaired) electrons. The summed E-state index contributed by atoms with van der Waals surface area (Å²) in [5, 5.41) is 13.4. The molecule has 2 heterocycles. The third kappa shape index (κ3) is 4.24. The Morgan fingerprint density at radius 2 is 2.04 bits per heavy atom. The predicted molar refractivity (Wildman–Crippen MR) is 99.9 cm³/mol. The van der Waals surface area contributed by atoms with Crippen molar-refractivity contribution in [1.82, 2.24) is 14.7 Å². The molecule has 1 aliphatic heterocycles. The number of carboxylic acid groups (broad SMARTS) is 1. The Hall–Kier alpha value is -2.96. The first-order valence-electron chi connectivity index (χ1n) is 9.01. The van der Waals surface area contributed by atoms with E-state index >= 15 is 0 Å². The summed E-state index contributed by atoms with van der Waals surface area (Å²) in [5.74, 6) is -1.01. The molecular weight excluding hydrogens is 346 g/mol. The molecule has 1 amide bonds. The molecule has 1 aromatic heterocycles. The van der Waals surface area contributed by atoms with Gasteiger partial charge in [-0.1, -0.05) is 12.1 Å². The van der Waals surface area contributed by atoms with Gasteiger partial charge in [0.2, 0.25) is 5.91 Å². The van der Waals surface area contributed by atoms with Gasteiger partial charge < -0.3 is 10.0 Å². The summed E-state index contributed by atoms with van der Waals surface area (Å²) in [5.41, 5.74) is 2.43. The van der Waals surface area contributed by atoms with Gasteiger partial charge in [0.15, 0.2) is 0 Å². The van der Waals surface area contributed by atoms with Crippen LogP contribution in [0.5, 0.6) is 0 Å². The molecule has 1 aliphatic rings. The number of aryl methyl sites for hydroxylation is 2. The van der Waals surface area contributed by atoms with Gasteiger partial charge in [0.25, 0.3) is 5.56 Å². The first kappa shape index (κ1) is 18.8. The zero-order valence-electron chi connectivity index (χ0n) is 15.5. The Morgan fingerprint density at radius 3 is 2.78 bits per heavy atom. The number of benzene rings is 1. The largest absolute Gasteiger partial charge is 0.478 e. The minimum atomic E-state index is -0.958. The number of likely N-dealkylation sites (tertiary alicyclic amines) is 1. The molecule has 0 unspecified atom stereocenters. The average Bonchev–Trinajstić information content (AvgIpc) is 2.66. The van der Waals surface area contributed by atoms with Gasteiger partial charge in [0.05, 0.1) is 11.3 Å². The summed E-state index contributed by atoms with van der Waals surface area (Å²) in [4.78, 5) is 37.7. The molecule has 7 nitrogen and oxygen atoms in total. The van der Waals surface area contributed by atoms with Crippen molar-refractivity contribution >= 4 is 11.9 Å². The number of hydrogen-bond donors (Lipinski definition) is 1. The Balaban J connectivity index is 1.73. The zero-order chi connectivity index (χ0) is 19.6. The van der Waals surface area contributed by atoms with Gasteiger partial charge in [0, 0.05) is 25.1 Å². The molecule has 1 atom stereocenters. The van der Waals surface area contributed by atoms with E-state index in [9.17, 15) is 19.5 Å². The fourth-order valence-corrected chi connectivity index (χ4v) is 3.42.